The molecule has 1 aromatic carbocycles. The van der Waals surface area contributed by atoms with Crippen molar-refractivity contribution in [2.75, 3.05) is 5.75 Å². The first kappa shape index (κ1) is 15.7. The molecule has 2 aromatic rings. The topological polar surface area (TPSA) is 66.0 Å². The smallest absolute Gasteiger partial charge is 0.248 e. The standard InChI is InChI=1S/C15H20N2O3S/c1-12-9-13(2)15(14(3)10-12)17-7-6-16(11-17)5-4-8-21(18,19)20/h6-7,9-11H,4-5,8H2,1-3H3. The number of hydrogen-bond donors (Lipinski definition) is 0. The SMILES string of the molecule is Cc1cc(C)c(-n2cc[n+](CCCS(=O)(=O)[O-])c2)c(C)c1. The van der Waals surface area contributed by atoms with Crippen LogP contribution in [0, 0.1) is 20.8 Å². The van der Waals surface area contributed by atoms with Gasteiger partial charge in [-0.05, 0) is 38.3 Å². The van der Waals surface area contributed by atoms with E-state index in [2.05, 4.69) is 32.9 Å². The summed E-state index contributed by atoms with van der Waals surface area (Å²) in [5, 5.41) is 0. The molecule has 0 fully saturated rings. The van der Waals surface area contributed by atoms with Crippen LogP contribution in [-0.2, 0) is 16.7 Å². The molecule has 2 rings (SSSR count). The lowest BCUT2D eigenvalue weighted by atomic mass is 10.1. The van der Waals surface area contributed by atoms with Crippen molar-refractivity contribution in [2.45, 2.75) is 33.7 Å². The molecule has 0 N–H and O–H groups in total. The molecule has 0 amide bonds. The molecule has 1 aromatic heterocycles. The monoisotopic (exact) mass is 308 g/mol. The van der Waals surface area contributed by atoms with E-state index in [1.807, 2.05) is 27.9 Å². The second-order valence-electron chi connectivity index (χ2n) is 5.42. The molecular formula is C15H20N2O3S. The highest BCUT2D eigenvalue weighted by molar-refractivity contribution is 7.85. The highest BCUT2D eigenvalue weighted by Gasteiger charge is 2.12. The number of rotatable bonds is 5. The van der Waals surface area contributed by atoms with Gasteiger partial charge in [0.15, 0.2) is 0 Å². The van der Waals surface area contributed by atoms with E-state index >= 15 is 0 Å². The van der Waals surface area contributed by atoms with Crippen LogP contribution in [0.5, 0.6) is 0 Å². The van der Waals surface area contributed by atoms with Crippen LogP contribution in [0.1, 0.15) is 23.1 Å². The second kappa shape index (κ2) is 5.99. The van der Waals surface area contributed by atoms with Gasteiger partial charge in [0.2, 0.25) is 6.33 Å². The first-order valence-electron chi connectivity index (χ1n) is 6.85. The molecule has 0 aliphatic heterocycles. The molecule has 0 atom stereocenters. The Hall–Kier alpha value is -1.66. The predicted molar refractivity (Wildman–Crippen MR) is 79.4 cm³/mol. The maximum Gasteiger partial charge on any atom is 0.248 e. The van der Waals surface area contributed by atoms with E-state index in [0.29, 0.717) is 13.0 Å². The Bertz CT molecular complexity index is 725. The van der Waals surface area contributed by atoms with Crippen LogP contribution >= 0.6 is 0 Å². The molecule has 0 unspecified atom stereocenters. The predicted octanol–water partition coefficient (Wildman–Crippen LogP) is 1.63. The van der Waals surface area contributed by atoms with Gasteiger partial charge in [-0.1, -0.05) is 17.7 Å². The summed E-state index contributed by atoms with van der Waals surface area (Å²) in [7, 11) is -4.13. The number of aromatic nitrogens is 2. The van der Waals surface area contributed by atoms with Crippen LogP contribution in [0.25, 0.3) is 5.69 Å². The summed E-state index contributed by atoms with van der Waals surface area (Å²) in [6, 6.07) is 4.27. The normalized spacial score (nSPS) is 11.8. The average Bonchev–Trinajstić information content (AvgIpc) is 2.74. The quantitative estimate of drug-likeness (QED) is 0.623. The fourth-order valence-electron chi connectivity index (χ4n) is 2.66. The van der Waals surface area contributed by atoms with Gasteiger partial charge in [0.05, 0.1) is 16.7 Å². The van der Waals surface area contributed by atoms with Crippen LogP contribution < -0.4 is 4.57 Å². The lowest BCUT2D eigenvalue weighted by Crippen LogP contribution is -2.32. The van der Waals surface area contributed by atoms with Crippen LogP contribution in [0.3, 0.4) is 0 Å². The zero-order chi connectivity index (χ0) is 15.6. The highest BCUT2D eigenvalue weighted by Crippen LogP contribution is 2.20. The fourth-order valence-corrected chi connectivity index (χ4v) is 3.14. The summed E-state index contributed by atoms with van der Waals surface area (Å²) in [6.45, 7) is 6.73. The first-order chi connectivity index (χ1) is 9.76. The number of nitrogens with zero attached hydrogens (tertiary/aromatic N) is 2. The molecular weight excluding hydrogens is 288 g/mol. The minimum atomic E-state index is -4.13. The van der Waals surface area contributed by atoms with E-state index in [1.54, 1.807) is 0 Å². The van der Waals surface area contributed by atoms with Crippen molar-refractivity contribution in [1.82, 2.24) is 4.57 Å². The molecule has 0 saturated heterocycles. The largest absolute Gasteiger partial charge is 0.748 e. The van der Waals surface area contributed by atoms with Gasteiger partial charge in [0.25, 0.3) is 0 Å². The number of hydrogen-bond acceptors (Lipinski definition) is 3. The van der Waals surface area contributed by atoms with Gasteiger partial charge in [-0.15, -0.1) is 0 Å². The van der Waals surface area contributed by atoms with Crippen LogP contribution in [0.15, 0.2) is 30.9 Å². The maximum atomic E-state index is 10.6. The van der Waals surface area contributed by atoms with E-state index in [4.69, 9.17) is 0 Å². The van der Waals surface area contributed by atoms with Gasteiger partial charge < -0.3 is 4.55 Å². The van der Waals surface area contributed by atoms with Gasteiger partial charge in [0.1, 0.15) is 18.1 Å². The van der Waals surface area contributed by atoms with Crippen molar-refractivity contribution in [3.63, 3.8) is 0 Å². The Labute approximate surface area is 125 Å². The lowest BCUT2D eigenvalue weighted by Gasteiger charge is -2.07. The Morgan fingerprint density at radius 3 is 2.38 bits per heavy atom. The Morgan fingerprint density at radius 1 is 1.19 bits per heavy atom. The third-order valence-electron chi connectivity index (χ3n) is 3.40. The molecule has 0 aliphatic carbocycles. The summed E-state index contributed by atoms with van der Waals surface area (Å²) in [4.78, 5) is 0. The van der Waals surface area contributed by atoms with Crippen molar-refractivity contribution in [1.29, 1.82) is 0 Å². The molecule has 0 radical (unpaired) electrons. The van der Waals surface area contributed by atoms with E-state index in [1.165, 1.54) is 16.7 Å². The van der Waals surface area contributed by atoms with Crippen molar-refractivity contribution in [2.24, 2.45) is 0 Å². The third kappa shape index (κ3) is 4.15. The van der Waals surface area contributed by atoms with E-state index in [9.17, 15) is 13.0 Å². The van der Waals surface area contributed by atoms with Gasteiger partial charge in [-0.3, -0.25) is 0 Å². The minimum Gasteiger partial charge on any atom is -0.748 e. The molecule has 21 heavy (non-hydrogen) atoms. The summed E-state index contributed by atoms with van der Waals surface area (Å²) < 4.78 is 35.7. The highest BCUT2D eigenvalue weighted by atomic mass is 32.2. The van der Waals surface area contributed by atoms with E-state index in [-0.39, 0.29) is 5.75 Å². The van der Waals surface area contributed by atoms with E-state index < -0.39 is 10.1 Å². The average molecular weight is 308 g/mol. The van der Waals surface area contributed by atoms with Crippen molar-refractivity contribution in [3.8, 4) is 5.69 Å². The zero-order valence-corrected chi connectivity index (χ0v) is 13.4. The van der Waals surface area contributed by atoms with Gasteiger partial charge in [0, 0.05) is 5.75 Å². The van der Waals surface area contributed by atoms with Gasteiger partial charge in [-0.2, -0.15) is 0 Å². The second-order valence-corrected chi connectivity index (χ2v) is 6.94. The summed E-state index contributed by atoms with van der Waals surface area (Å²) in [5.41, 5.74) is 4.75. The minimum absolute atomic E-state index is 0.326. The Morgan fingerprint density at radius 2 is 1.81 bits per heavy atom. The number of aryl methyl sites for hydroxylation is 4. The molecule has 0 saturated carbocycles. The summed E-state index contributed by atoms with van der Waals surface area (Å²) >= 11 is 0. The van der Waals surface area contributed by atoms with Crippen molar-refractivity contribution < 1.29 is 17.5 Å². The van der Waals surface area contributed by atoms with Crippen molar-refractivity contribution >= 4 is 10.1 Å². The Balaban J connectivity index is 2.17. The molecule has 6 heteroatoms. The van der Waals surface area contributed by atoms with Crippen molar-refractivity contribution in [3.05, 3.63) is 47.5 Å². The Kier molecular flexibility index (Phi) is 4.49. The molecule has 114 valence electrons. The van der Waals surface area contributed by atoms with E-state index in [0.717, 1.165) is 5.69 Å². The third-order valence-corrected chi connectivity index (χ3v) is 4.18. The zero-order valence-electron chi connectivity index (χ0n) is 12.5. The molecule has 0 aliphatic rings. The molecule has 0 bridgehead atoms. The molecule has 0 spiro atoms. The maximum absolute atomic E-state index is 10.6. The van der Waals surface area contributed by atoms with Crippen LogP contribution in [0.4, 0.5) is 0 Å². The number of imidazole rings is 1. The summed E-state index contributed by atoms with van der Waals surface area (Å²) in [6.07, 6.45) is 6.07. The fraction of sp³-hybridized carbons (Fsp3) is 0.400. The number of benzene rings is 1. The lowest BCUT2D eigenvalue weighted by molar-refractivity contribution is -0.696. The molecule has 5 nitrogen and oxygen atoms in total. The van der Waals surface area contributed by atoms with Gasteiger partial charge in [-0.25, -0.2) is 17.6 Å². The van der Waals surface area contributed by atoms with Crippen LogP contribution in [0.2, 0.25) is 0 Å². The summed E-state index contributed by atoms with van der Waals surface area (Å²) in [5.74, 6) is -0.326. The first-order valence-corrected chi connectivity index (χ1v) is 8.43. The van der Waals surface area contributed by atoms with Gasteiger partial charge >= 0.3 is 0 Å². The van der Waals surface area contributed by atoms with Crippen LogP contribution in [-0.4, -0.2) is 23.3 Å². The molecule has 1 heterocycles.